The number of nitrogens with zero attached hydrogens (tertiary/aromatic N) is 2. The number of ether oxygens (including phenoxy) is 1. The summed E-state index contributed by atoms with van der Waals surface area (Å²) in [5, 5.41) is 9.69. The zero-order valence-electron chi connectivity index (χ0n) is 13.5. The van der Waals surface area contributed by atoms with Gasteiger partial charge >= 0.3 is 5.97 Å². The third kappa shape index (κ3) is 2.17. The molecule has 0 atom stereocenters. The summed E-state index contributed by atoms with van der Waals surface area (Å²) in [5.74, 6) is -0.885. The Morgan fingerprint density at radius 3 is 2.33 bits per heavy atom. The maximum absolute atomic E-state index is 12.3. The number of benzene rings is 1. The van der Waals surface area contributed by atoms with Crippen LogP contribution in [-0.2, 0) is 11.3 Å². The SMILES string of the molecule is Cc1c(C)n2c(COC(=O)c3ccccc3O)c(C)c(=O)n2c1=O. The number of carbonyl (C=O) groups is 1. The number of fused-ring (bicyclic) bond motifs is 1. The normalized spacial score (nSPS) is 11.1. The van der Waals surface area contributed by atoms with E-state index in [2.05, 4.69) is 0 Å². The van der Waals surface area contributed by atoms with Gasteiger partial charge < -0.3 is 9.84 Å². The number of rotatable bonds is 3. The van der Waals surface area contributed by atoms with Crippen LogP contribution in [0.1, 0.15) is 32.9 Å². The summed E-state index contributed by atoms with van der Waals surface area (Å²) in [6.45, 7) is 4.77. The summed E-state index contributed by atoms with van der Waals surface area (Å²) in [6, 6.07) is 6.03. The fourth-order valence-electron chi connectivity index (χ4n) is 2.69. The molecule has 0 saturated heterocycles. The van der Waals surface area contributed by atoms with Crippen molar-refractivity contribution in [1.82, 2.24) is 9.03 Å². The molecule has 0 unspecified atom stereocenters. The van der Waals surface area contributed by atoms with E-state index in [1.54, 1.807) is 32.9 Å². The highest BCUT2D eigenvalue weighted by Gasteiger charge is 2.21. The first kappa shape index (κ1) is 15.8. The Morgan fingerprint density at radius 2 is 1.67 bits per heavy atom. The fourth-order valence-corrected chi connectivity index (χ4v) is 2.69. The van der Waals surface area contributed by atoms with Crippen molar-refractivity contribution in [2.75, 3.05) is 0 Å². The molecule has 7 heteroatoms. The standard InChI is InChI=1S/C17H16N2O5/c1-9-11(3)18-13(10(2)16(22)19(18)15(9)21)8-24-17(23)12-6-4-5-7-14(12)20/h4-7,20H,8H2,1-3H3. The van der Waals surface area contributed by atoms with Crippen molar-refractivity contribution in [3.63, 3.8) is 0 Å². The lowest BCUT2D eigenvalue weighted by Crippen LogP contribution is -2.23. The number of aromatic hydroxyl groups is 1. The van der Waals surface area contributed by atoms with E-state index in [1.165, 1.54) is 16.6 Å². The average molecular weight is 328 g/mol. The molecule has 0 radical (unpaired) electrons. The maximum Gasteiger partial charge on any atom is 0.342 e. The first-order chi connectivity index (χ1) is 11.3. The van der Waals surface area contributed by atoms with Crippen molar-refractivity contribution in [3.8, 4) is 5.75 Å². The first-order valence-corrected chi connectivity index (χ1v) is 7.35. The van der Waals surface area contributed by atoms with Gasteiger partial charge in [0.25, 0.3) is 11.1 Å². The molecular formula is C17H16N2O5. The van der Waals surface area contributed by atoms with Crippen LogP contribution in [0, 0.1) is 20.8 Å². The Kier molecular flexibility index (Phi) is 3.63. The lowest BCUT2D eigenvalue weighted by molar-refractivity contribution is 0.0461. The van der Waals surface area contributed by atoms with Crippen molar-refractivity contribution in [2.24, 2.45) is 0 Å². The minimum Gasteiger partial charge on any atom is -0.507 e. The van der Waals surface area contributed by atoms with E-state index in [4.69, 9.17) is 4.74 Å². The van der Waals surface area contributed by atoms with Gasteiger partial charge in [-0.15, -0.1) is 0 Å². The number of phenolic OH excluding ortho intramolecular Hbond substituents is 1. The van der Waals surface area contributed by atoms with Crippen molar-refractivity contribution in [3.05, 3.63) is 73.1 Å². The fraction of sp³-hybridized carbons (Fsp3) is 0.235. The highest BCUT2D eigenvalue weighted by atomic mass is 16.5. The monoisotopic (exact) mass is 328 g/mol. The molecule has 0 aliphatic heterocycles. The Bertz CT molecular complexity index is 1060. The molecule has 3 rings (SSSR count). The van der Waals surface area contributed by atoms with Gasteiger partial charge in [0.15, 0.2) is 0 Å². The molecule has 0 bridgehead atoms. The van der Waals surface area contributed by atoms with Crippen LogP contribution in [0.2, 0.25) is 0 Å². The number of para-hydroxylation sites is 1. The number of esters is 1. The quantitative estimate of drug-likeness (QED) is 0.729. The lowest BCUT2D eigenvalue weighted by atomic mass is 10.2. The predicted octanol–water partition coefficient (Wildman–Crippen LogP) is 1.18. The second-order valence-electron chi connectivity index (χ2n) is 5.61. The molecule has 0 aliphatic rings. The summed E-state index contributed by atoms with van der Waals surface area (Å²) in [4.78, 5) is 36.5. The number of phenols is 1. The van der Waals surface area contributed by atoms with E-state index in [9.17, 15) is 19.5 Å². The molecule has 1 aromatic carbocycles. The summed E-state index contributed by atoms with van der Waals surface area (Å²) in [5.41, 5.74) is 1.12. The molecule has 0 aliphatic carbocycles. The summed E-state index contributed by atoms with van der Waals surface area (Å²) < 4.78 is 7.75. The van der Waals surface area contributed by atoms with Crippen LogP contribution in [-0.4, -0.2) is 20.1 Å². The van der Waals surface area contributed by atoms with Crippen molar-refractivity contribution in [1.29, 1.82) is 0 Å². The first-order valence-electron chi connectivity index (χ1n) is 7.35. The van der Waals surface area contributed by atoms with Crippen LogP contribution >= 0.6 is 0 Å². The van der Waals surface area contributed by atoms with E-state index >= 15 is 0 Å². The topological polar surface area (TPSA) is 89.5 Å². The molecule has 0 spiro atoms. The van der Waals surface area contributed by atoms with E-state index in [-0.39, 0.29) is 23.5 Å². The van der Waals surface area contributed by atoms with Crippen molar-refractivity contribution >= 4 is 5.97 Å². The van der Waals surface area contributed by atoms with Crippen molar-refractivity contribution < 1.29 is 14.6 Å². The molecule has 2 heterocycles. The van der Waals surface area contributed by atoms with Crippen LogP contribution in [0.25, 0.3) is 0 Å². The largest absolute Gasteiger partial charge is 0.507 e. The van der Waals surface area contributed by atoms with E-state index in [1.807, 2.05) is 0 Å². The average Bonchev–Trinajstić information content (AvgIpc) is 2.94. The number of hydrogen-bond acceptors (Lipinski definition) is 5. The highest BCUT2D eigenvalue weighted by molar-refractivity contribution is 5.92. The molecule has 3 aromatic rings. The van der Waals surface area contributed by atoms with Gasteiger partial charge in [0.1, 0.15) is 17.9 Å². The molecule has 0 amide bonds. The van der Waals surface area contributed by atoms with Crippen LogP contribution in [0.15, 0.2) is 33.9 Å². The van der Waals surface area contributed by atoms with Gasteiger partial charge in [-0.1, -0.05) is 12.1 Å². The number of carbonyl (C=O) groups excluding carboxylic acids is 1. The number of aryl methyl sites for hydroxylation is 1. The second kappa shape index (κ2) is 5.52. The zero-order chi connectivity index (χ0) is 17.6. The van der Waals surface area contributed by atoms with Gasteiger partial charge in [-0.2, -0.15) is 4.52 Å². The maximum atomic E-state index is 12.3. The predicted molar refractivity (Wildman–Crippen MR) is 86.0 cm³/mol. The Morgan fingerprint density at radius 1 is 1.04 bits per heavy atom. The van der Waals surface area contributed by atoms with Crippen molar-refractivity contribution in [2.45, 2.75) is 27.4 Å². The molecule has 124 valence electrons. The lowest BCUT2D eigenvalue weighted by Gasteiger charge is -2.07. The van der Waals surface area contributed by atoms with Gasteiger partial charge in [-0.25, -0.2) is 9.31 Å². The summed E-state index contributed by atoms with van der Waals surface area (Å²) in [6.07, 6.45) is 0. The molecule has 2 aromatic heterocycles. The number of hydrogen-bond donors (Lipinski definition) is 1. The summed E-state index contributed by atoms with van der Waals surface area (Å²) >= 11 is 0. The van der Waals surface area contributed by atoms with Crippen LogP contribution < -0.4 is 11.1 Å². The van der Waals surface area contributed by atoms with E-state index in [0.717, 1.165) is 4.52 Å². The van der Waals surface area contributed by atoms with Crippen LogP contribution in [0.5, 0.6) is 5.75 Å². The smallest absolute Gasteiger partial charge is 0.342 e. The Labute approximate surface area is 136 Å². The van der Waals surface area contributed by atoms with Gasteiger partial charge in [0, 0.05) is 16.8 Å². The van der Waals surface area contributed by atoms with Gasteiger partial charge in [0.2, 0.25) is 0 Å². The van der Waals surface area contributed by atoms with Gasteiger partial charge in [-0.3, -0.25) is 9.59 Å². The molecule has 24 heavy (non-hydrogen) atoms. The molecule has 0 fully saturated rings. The van der Waals surface area contributed by atoms with Crippen LogP contribution in [0.3, 0.4) is 0 Å². The molecule has 7 nitrogen and oxygen atoms in total. The van der Waals surface area contributed by atoms with Crippen LogP contribution in [0.4, 0.5) is 0 Å². The third-order valence-corrected chi connectivity index (χ3v) is 4.24. The summed E-state index contributed by atoms with van der Waals surface area (Å²) in [7, 11) is 0. The zero-order valence-corrected chi connectivity index (χ0v) is 13.5. The van der Waals surface area contributed by atoms with E-state index in [0.29, 0.717) is 22.5 Å². The minimum atomic E-state index is -0.705. The Hall–Kier alpha value is -3.09. The van der Waals surface area contributed by atoms with Gasteiger partial charge in [0.05, 0.1) is 5.69 Å². The van der Waals surface area contributed by atoms with E-state index < -0.39 is 11.5 Å². The molecular weight excluding hydrogens is 312 g/mol. The minimum absolute atomic E-state index is 0.0397. The van der Waals surface area contributed by atoms with Gasteiger partial charge in [-0.05, 0) is 32.9 Å². The second-order valence-corrected chi connectivity index (χ2v) is 5.61. The Balaban J connectivity index is 2.00. The number of aromatic nitrogens is 2. The third-order valence-electron chi connectivity index (χ3n) is 4.24. The highest BCUT2D eigenvalue weighted by Crippen LogP contribution is 2.18. The molecule has 1 N–H and O–H groups in total. The molecule has 0 saturated carbocycles.